The number of amides is 2. The number of thioether (sulfide) groups is 1. The van der Waals surface area contributed by atoms with Crippen molar-refractivity contribution in [2.24, 2.45) is 4.99 Å². The molecule has 0 bridgehead atoms. The number of anilines is 1. The van der Waals surface area contributed by atoms with Crippen LogP contribution in [0, 0.1) is 13.8 Å². The van der Waals surface area contributed by atoms with E-state index in [-0.39, 0.29) is 18.2 Å². The smallest absolute Gasteiger partial charge is 0.242 e. The third-order valence-corrected chi connectivity index (χ3v) is 7.66. The molecule has 0 spiro atoms. The van der Waals surface area contributed by atoms with Crippen LogP contribution in [0.25, 0.3) is 0 Å². The third kappa shape index (κ3) is 6.72. The zero-order valence-electron chi connectivity index (χ0n) is 22.8. The Labute approximate surface area is 233 Å². The SMILES string of the molecule is COc1ccc(CCN2C(=O)C(CC(=O)Nc3ccc(OC)c(OC)c3)SC2=Nc2c(C)cccc2C)cc1. The first-order valence-corrected chi connectivity index (χ1v) is 13.5. The zero-order chi connectivity index (χ0) is 27.9. The molecule has 9 heteroatoms. The predicted molar refractivity (Wildman–Crippen MR) is 156 cm³/mol. The molecule has 0 saturated carbocycles. The number of amidine groups is 1. The van der Waals surface area contributed by atoms with E-state index < -0.39 is 5.25 Å². The largest absolute Gasteiger partial charge is 0.497 e. The van der Waals surface area contributed by atoms with Gasteiger partial charge in [0.15, 0.2) is 16.7 Å². The van der Waals surface area contributed by atoms with Crippen molar-refractivity contribution in [3.05, 3.63) is 77.4 Å². The van der Waals surface area contributed by atoms with Crippen molar-refractivity contribution in [1.82, 2.24) is 4.90 Å². The summed E-state index contributed by atoms with van der Waals surface area (Å²) in [6.07, 6.45) is 0.662. The second kappa shape index (κ2) is 12.7. The van der Waals surface area contributed by atoms with Crippen LogP contribution in [0.3, 0.4) is 0 Å². The van der Waals surface area contributed by atoms with Crippen LogP contribution in [-0.4, -0.2) is 55.0 Å². The number of ether oxygens (including phenoxy) is 3. The van der Waals surface area contributed by atoms with Gasteiger partial charge in [-0.3, -0.25) is 14.5 Å². The van der Waals surface area contributed by atoms with E-state index in [9.17, 15) is 9.59 Å². The fraction of sp³-hybridized carbons (Fsp3) is 0.300. The molecule has 2 amide bonds. The molecule has 1 heterocycles. The fourth-order valence-electron chi connectivity index (χ4n) is 4.34. The zero-order valence-corrected chi connectivity index (χ0v) is 23.6. The van der Waals surface area contributed by atoms with Crippen molar-refractivity contribution in [1.29, 1.82) is 0 Å². The Hall–Kier alpha value is -3.98. The Bertz CT molecular complexity index is 1350. The number of methoxy groups -OCH3 is 3. The standard InChI is InChI=1S/C30H33N3O5S/c1-19-7-6-8-20(2)28(19)32-30-33(16-15-21-9-12-23(36-3)13-10-21)29(35)26(39-30)18-27(34)31-22-11-14-24(37-4)25(17-22)38-5/h6-14,17,26H,15-16,18H2,1-5H3,(H,31,34). The van der Waals surface area contributed by atoms with Crippen LogP contribution in [0.2, 0.25) is 0 Å². The molecule has 0 radical (unpaired) electrons. The number of hydrogen-bond acceptors (Lipinski definition) is 7. The molecule has 204 valence electrons. The van der Waals surface area contributed by atoms with E-state index >= 15 is 0 Å². The number of nitrogens with zero attached hydrogens (tertiary/aromatic N) is 2. The number of benzene rings is 3. The average Bonchev–Trinajstić information content (AvgIpc) is 3.22. The lowest BCUT2D eigenvalue weighted by atomic mass is 10.1. The summed E-state index contributed by atoms with van der Waals surface area (Å²) in [5, 5.41) is 2.90. The maximum Gasteiger partial charge on any atom is 0.242 e. The molecule has 3 aromatic rings. The Morgan fingerprint density at radius 3 is 2.28 bits per heavy atom. The van der Waals surface area contributed by atoms with Crippen LogP contribution >= 0.6 is 11.8 Å². The number of para-hydroxylation sites is 1. The topological polar surface area (TPSA) is 89.5 Å². The van der Waals surface area contributed by atoms with E-state index in [1.807, 2.05) is 56.3 Å². The van der Waals surface area contributed by atoms with E-state index in [1.165, 1.54) is 18.9 Å². The Kier molecular flexibility index (Phi) is 9.14. The number of aliphatic imine (C=N–C) groups is 1. The summed E-state index contributed by atoms with van der Waals surface area (Å²) in [6.45, 7) is 4.46. The first-order chi connectivity index (χ1) is 18.8. The molecule has 1 N–H and O–H groups in total. The summed E-state index contributed by atoms with van der Waals surface area (Å²) in [5.74, 6) is 1.47. The molecular weight excluding hydrogens is 514 g/mol. The summed E-state index contributed by atoms with van der Waals surface area (Å²) in [7, 11) is 4.72. The highest BCUT2D eigenvalue weighted by Crippen LogP contribution is 2.35. The minimum Gasteiger partial charge on any atom is -0.497 e. The molecule has 1 fully saturated rings. The van der Waals surface area contributed by atoms with Crippen LogP contribution in [0.1, 0.15) is 23.1 Å². The maximum atomic E-state index is 13.6. The third-order valence-electron chi connectivity index (χ3n) is 6.49. The molecule has 39 heavy (non-hydrogen) atoms. The van der Waals surface area contributed by atoms with Crippen molar-refractivity contribution in [2.75, 3.05) is 33.2 Å². The second-order valence-electron chi connectivity index (χ2n) is 9.15. The van der Waals surface area contributed by atoms with Crippen molar-refractivity contribution in [2.45, 2.75) is 31.9 Å². The highest BCUT2D eigenvalue weighted by atomic mass is 32.2. The molecule has 1 unspecified atom stereocenters. The van der Waals surface area contributed by atoms with Gasteiger partial charge in [-0.25, -0.2) is 4.99 Å². The van der Waals surface area contributed by atoms with Gasteiger partial charge in [-0.1, -0.05) is 42.1 Å². The first kappa shape index (κ1) is 28.0. The van der Waals surface area contributed by atoms with Gasteiger partial charge in [0.05, 0.1) is 27.0 Å². The van der Waals surface area contributed by atoms with Crippen molar-refractivity contribution >= 4 is 40.1 Å². The number of hydrogen-bond donors (Lipinski definition) is 1. The van der Waals surface area contributed by atoms with Crippen LogP contribution < -0.4 is 19.5 Å². The van der Waals surface area contributed by atoms with E-state index in [0.29, 0.717) is 35.3 Å². The lowest BCUT2D eigenvalue weighted by Crippen LogP contribution is -2.35. The van der Waals surface area contributed by atoms with E-state index in [0.717, 1.165) is 28.1 Å². The summed E-state index contributed by atoms with van der Waals surface area (Å²) in [5.41, 5.74) is 4.54. The van der Waals surface area contributed by atoms with Crippen LogP contribution in [0.5, 0.6) is 17.2 Å². The Morgan fingerprint density at radius 2 is 1.64 bits per heavy atom. The molecular formula is C30H33N3O5S. The minimum absolute atomic E-state index is 0.0165. The van der Waals surface area contributed by atoms with Gasteiger partial charge in [-0.05, 0) is 61.2 Å². The minimum atomic E-state index is -0.580. The number of rotatable bonds is 10. The normalized spacial score (nSPS) is 15.9. The number of aryl methyl sites for hydroxylation is 2. The molecule has 0 aromatic heterocycles. The molecule has 1 saturated heterocycles. The molecule has 1 aliphatic heterocycles. The van der Waals surface area contributed by atoms with Crippen LogP contribution in [0.15, 0.2) is 65.7 Å². The van der Waals surface area contributed by atoms with Crippen LogP contribution in [-0.2, 0) is 16.0 Å². The van der Waals surface area contributed by atoms with Crippen molar-refractivity contribution < 1.29 is 23.8 Å². The van der Waals surface area contributed by atoms with Gasteiger partial charge in [0.1, 0.15) is 11.0 Å². The van der Waals surface area contributed by atoms with E-state index in [2.05, 4.69) is 5.32 Å². The molecule has 4 rings (SSSR count). The van der Waals surface area contributed by atoms with Gasteiger partial charge in [0.25, 0.3) is 0 Å². The molecule has 0 aliphatic carbocycles. The molecule has 8 nitrogen and oxygen atoms in total. The maximum absolute atomic E-state index is 13.6. The van der Waals surface area contributed by atoms with E-state index in [4.69, 9.17) is 19.2 Å². The van der Waals surface area contributed by atoms with Gasteiger partial charge in [-0.2, -0.15) is 0 Å². The predicted octanol–water partition coefficient (Wildman–Crippen LogP) is 5.53. The van der Waals surface area contributed by atoms with Gasteiger partial charge >= 0.3 is 0 Å². The fourth-order valence-corrected chi connectivity index (χ4v) is 5.51. The Balaban J connectivity index is 1.53. The van der Waals surface area contributed by atoms with Crippen LogP contribution in [0.4, 0.5) is 11.4 Å². The summed E-state index contributed by atoms with van der Waals surface area (Å²) in [4.78, 5) is 33.1. The highest BCUT2D eigenvalue weighted by molar-refractivity contribution is 8.15. The molecule has 1 aliphatic rings. The van der Waals surface area contributed by atoms with Gasteiger partial charge in [0, 0.05) is 24.7 Å². The summed E-state index contributed by atoms with van der Waals surface area (Å²) in [6, 6.07) is 18.9. The van der Waals surface area contributed by atoms with E-state index in [1.54, 1.807) is 37.3 Å². The van der Waals surface area contributed by atoms with Gasteiger partial charge < -0.3 is 19.5 Å². The summed E-state index contributed by atoms with van der Waals surface area (Å²) < 4.78 is 15.8. The first-order valence-electron chi connectivity index (χ1n) is 12.6. The van der Waals surface area contributed by atoms with Gasteiger partial charge in [-0.15, -0.1) is 0 Å². The monoisotopic (exact) mass is 547 g/mol. The Morgan fingerprint density at radius 1 is 0.949 bits per heavy atom. The lowest BCUT2D eigenvalue weighted by molar-refractivity contribution is -0.128. The van der Waals surface area contributed by atoms with Gasteiger partial charge in [0.2, 0.25) is 11.8 Å². The number of carbonyl (C=O) groups excluding carboxylic acids is 2. The quantitative estimate of drug-likeness (QED) is 0.359. The number of nitrogens with one attached hydrogen (secondary N) is 1. The number of carbonyl (C=O) groups is 2. The molecule has 1 atom stereocenters. The summed E-state index contributed by atoms with van der Waals surface area (Å²) >= 11 is 1.33. The highest BCUT2D eigenvalue weighted by Gasteiger charge is 2.39. The lowest BCUT2D eigenvalue weighted by Gasteiger charge is -2.17. The molecule has 3 aromatic carbocycles. The van der Waals surface area contributed by atoms with Crippen molar-refractivity contribution in [3.63, 3.8) is 0 Å². The average molecular weight is 548 g/mol. The second-order valence-corrected chi connectivity index (χ2v) is 10.3. The van der Waals surface area contributed by atoms with Crippen molar-refractivity contribution in [3.8, 4) is 17.2 Å².